The Morgan fingerprint density at radius 2 is 2.43 bits per heavy atom. The number of anilines is 1. The Labute approximate surface area is 81.6 Å². The average Bonchev–Trinajstić information content (AvgIpc) is 2.47. The second-order valence-corrected chi connectivity index (χ2v) is 3.21. The van der Waals surface area contributed by atoms with Crippen LogP contribution in [0.2, 0.25) is 0 Å². The molecule has 0 saturated heterocycles. The highest BCUT2D eigenvalue weighted by Crippen LogP contribution is 2.35. The molecule has 2 rings (SSSR count). The molecular weight excluding hydrogens is 182 g/mol. The molecule has 4 nitrogen and oxygen atoms in total. The predicted molar refractivity (Wildman–Crippen MR) is 50.9 cm³/mol. The van der Waals surface area contributed by atoms with Gasteiger partial charge in [-0.25, -0.2) is 0 Å². The van der Waals surface area contributed by atoms with Crippen LogP contribution in [0.25, 0.3) is 0 Å². The summed E-state index contributed by atoms with van der Waals surface area (Å²) >= 11 is 0. The minimum atomic E-state index is -0.303. The summed E-state index contributed by atoms with van der Waals surface area (Å²) < 4.78 is 10.4. The molecule has 1 aromatic carbocycles. The van der Waals surface area contributed by atoms with Crippen LogP contribution in [0.5, 0.6) is 5.75 Å². The van der Waals surface area contributed by atoms with E-state index >= 15 is 0 Å². The van der Waals surface area contributed by atoms with E-state index in [0.29, 0.717) is 18.0 Å². The number of hydrogen-bond acceptors (Lipinski definition) is 4. The second-order valence-electron chi connectivity index (χ2n) is 3.21. The quantitative estimate of drug-likeness (QED) is 0.539. The van der Waals surface area contributed by atoms with Crippen molar-refractivity contribution in [3.8, 4) is 5.75 Å². The van der Waals surface area contributed by atoms with E-state index in [1.54, 1.807) is 12.1 Å². The molecule has 0 fully saturated rings. The maximum atomic E-state index is 10.8. The topological polar surface area (TPSA) is 61.5 Å². The first-order valence-electron chi connectivity index (χ1n) is 4.36. The molecule has 0 radical (unpaired) electrons. The standard InChI is InChI=1S/C10H11NO3/c1-6(12)14-10-5-13-9-4-7(11)2-3-8(9)10/h2-4,10H,5,11H2,1H3/t10-/m1/s1. The van der Waals surface area contributed by atoms with Gasteiger partial charge in [0.1, 0.15) is 12.4 Å². The summed E-state index contributed by atoms with van der Waals surface area (Å²) in [4.78, 5) is 10.8. The van der Waals surface area contributed by atoms with Crippen molar-refractivity contribution < 1.29 is 14.3 Å². The molecule has 1 atom stereocenters. The number of carbonyl (C=O) groups excluding carboxylic acids is 1. The number of nitrogens with two attached hydrogens (primary N) is 1. The Morgan fingerprint density at radius 1 is 1.64 bits per heavy atom. The molecule has 0 unspecified atom stereocenters. The Morgan fingerprint density at radius 3 is 3.14 bits per heavy atom. The molecule has 0 spiro atoms. The van der Waals surface area contributed by atoms with Gasteiger partial charge in [0.2, 0.25) is 0 Å². The van der Waals surface area contributed by atoms with Crippen molar-refractivity contribution in [1.29, 1.82) is 0 Å². The Hall–Kier alpha value is -1.71. The van der Waals surface area contributed by atoms with Crippen LogP contribution < -0.4 is 10.5 Å². The lowest BCUT2D eigenvalue weighted by atomic mass is 10.1. The van der Waals surface area contributed by atoms with Gasteiger partial charge < -0.3 is 15.2 Å². The number of ether oxygens (including phenoxy) is 2. The molecule has 0 aromatic heterocycles. The zero-order chi connectivity index (χ0) is 10.1. The first-order chi connectivity index (χ1) is 6.66. The molecule has 4 heteroatoms. The van der Waals surface area contributed by atoms with E-state index in [1.165, 1.54) is 6.92 Å². The minimum Gasteiger partial charge on any atom is -0.489 e. The van der Waals surface area contributed by atoms with E-state index in [4.69, 9.17) is 15.2 Å². The summed E-state index contributed by atoms with van der Waals surface area (Å²) in [6.45, 7) is 1.76. The van der Waals surface area contributed by atoms with Gasteiger partial charge in [-0.2, -0.15) is 0 Å². The SMILES string of the molecule is CC(=O)O[C@@H]1COc2cc(N)ccc21. The molecule has 14 heavy (non-hydrogen) atoms. The van der Waals surface area contributed by atoms with E-state index in [-0.39, 0.29) is 12.1 Å². The van der Waals surface area contributed by atoms with E-state index in [2.05, 4.69) is 0 Å². The first kappa shape index (κ1) is 8.87. The number of benzene rings is 1. The average molecular weight is 193 g/mol. The summed E-state index contributed by atoms with van der Waals surface area (Å²) in [5.41, 5.74) is 7.12. The van der Waals surface area contributed by atoms with Gasteiger partial charge in [-0.15, -0.1) is 0 Å². The van der Waals surface area contributed by atoms with Crippen LogP contribution >= 0.6 is 0 Å². The zero-order valence-corrected chi connectivity index (χ0v) is 7.82. The Balaban J connectivity index is 2.26. The van der Waals surface area contributed by atoms with Gasteiger partial charge in [-0.05, 0) is 12.1 Å². The lowest BCUT2D eigenvalue weighted by Crippen LogP contribution is -2.09. The van der Waals surface area contributed by atoms with Gasteiger partial charge in [0.05, 0.1) is 0 Å². The highest BCUT2D eigenvalue weighted by molar-refractivity contribution is 5.67. The van der Waals surface area contributed by atoms with Crippen molar-refractivity contribution >= 4 is 11.7 Å². The molecule has 2 N–H and O–H groups in total. The van der Waals surface area contributed by atoms with Gasteiger partial charge >= 0.3 is 5.97 Å². The van der Waals surface area contributed by atoms with Gasteiger partial charge in [-0.3, -0.25) is 4.79 Å². The number of hydrogen-bond donors (Lipinski definition) is 1. The van der Waals surface area contributed by atoms with E-state index in [9.17, 15) is 4.79 Å². The van der Waals surface area contributed by atoms with Crippen LogP contribution in [0.15, 0.2) is 18.2 Å². The summed E-state index contributed by atoms with van der Waals surface area (Å²) in [6.07, 6.45) is -0.289. The zero-order valence-electron chi connectivity index (χ0n) is 7.82. The molecule has 1 aromatic rings. The van der Waals surface area contributed by atoms with Crippen LogP contribution in [0.1, 0.15) is 18.6 Å². The fourth-order valence-corrected chi connectivity index (χ4v) is 1.50. The van der Waals surface area contributed by atoms with Gasteiger partial charge in [0, 0.05) is 24.2 Å². The van der Waals surface area contributed by atoms with Crippen LogP contribution in [0, 0.1) is 0 Å². The molecule has 1 heterocycles. The largest absolute Gasteiger partial charge is 0.489 e. The normalized spacial score (nSPS) is 18.5. The Bertz CT molecular complexity index is 376. The fraction of sp³-hybridized carbons (Fsp3) is 0.300. The fourth-order valence-electron chi connectivity index (χ4n) is 1.50. The molecule has 0 bridgehead atoms. The third kappa shape index (κ3) is 1.51. The summed E-state index contributed by atoms with van der Waals surface area (Å²) in [5.74, 6) is 0.402. The number of carbonyl (C=O) groups is 1. The van der Waals surface area contributed by atoms with Crippen molar-refractivity contribution in [2.24, 2.45) is 0 Å². The number of rotatable bonds is 1. The van der Waals surface area contributed by atoms with Crippen molar-refractivity contribution in [2.45, 2.75) is 13.0 Å². The third-order valence-corrected chi connectivity index (χ3v) is 2.08. The molecule has 0 aliphatic carbocycles. The number of esters is 1. The second kappa shape index (κ2) is 3.21. The molecule has 1 aliphatic heterocycles. The van der Waals surface area contributed by atoms with Crippen molar-refractivity contribution in [3.63, 3.8) is 0 Å². The van der Waals surface area contributed by atoms with Crippen molar-refractivity contribution in [3.05, 3.63) is 23.8 Å². The maximum Gasteiger partial charge on any atom is 0.303 e. The number of fused-ring (bicyclic) bond motifs is 1. The van der Waals surface area contributed by atoms with Crippen LogP contribution in [-0.4, -0.2) is 12.6 Å². The van der Waals surface area contributed by atoms with Crippen molar-refractivity contribution in [1.82, 2.24) is 0 Å². The molecular formula is C10H11NO3. The van der Waals surface area contributed by atoms with E-state index < -0.39 is 0 Å². The van der Waals surface area contributed by atoms with Crippen LogP contribution in [0.3, 0.4) is 0 Å². The maximum absolute atomic E-state index is 10.8. The monoisotopic (exact) mass is 193 g/mol. The Kier molecular flexibility index (Phi) is 2.04. The molecule has 1 aliphatic rings. The van der Waals surface area contributed by atoms with E-state index in [1.807, 2.05) is 6.07 Å². The summed E-state index contributed by atoms with van der Waals surface area (Å²) in [7, 11) is 0. The van der Waals surface area contributed by atoms with Gasteiger partial charge in [-0.1, -0.05) is 0 Å². The number of nitrogen functional groups attached to an aromatic ring is 1. The smallest absolute Gasteiger partial charge is 0.303 e. The van der Waals surface area contributed by atoms with E-state index in [0.717, 1.165) is 5.56 Å². The molecule has 74 valence electrons. The lowest BCUT2D eigenvalue weighted by Gasteiger charge is -2.08. The van der Waals surface area contributed by atoms with Gasteiger partial charge in [0.15, 0.2) is 6.10 Å². The van der Waals surface area contributed by atoms with Gasteiger partial charge in [0.25, 0.3) is 0 Å². The van der Waals surface area contributed by atoms with Crippen LogP contribution in [-0.2, 0) is 9.53 Å². The van der Waals surface area contributed by atoms with Crippen LogP contribution in [0.4, 0.5) is 5.69 Å². The summed E-state index contributed by atoms with van der Waals surface area (Å²) in [6, 6.07) is 5.33. The minimum absolute atomic E-state index is 0.289. The predicted octanol–water partition coefficient (Wildman–Crippen LogP) is 1.27. The summed E-state index contributed by atoms with van der Waals surface area (Å²) in [5, 5.41) is 0. The molecule has 0 amide bonds. The van der Waals surface area contributed by atoms with Crippen molar-refractivity contribution in [2.75, 3.05) is 12.3 Å². The third-order valence-electron chi connectivity index (χ3n) is 2.08. The first-order valence-corrected chi connectivity index (χ1v) is 4.36. The lowest BCUT2D eigenvalue weighted by molar-refractivity contribution is -0.147. The highest BCUT2D eigenvalue weighted by Gasteiger charge is 2.26. The highest BCUT2D eigenvalue weighted by atomic mass is 16.6. The molecule has 0 saturated carbocycles.